The van der Waals surface area contributed by atoms with E-state index in [-0.39, 0.29) is 5.69 Å². The minimum atomic E-state index is -0.423. The molecule has 0 aliphatic heterocycles. The predicted octanol–water partition coefficient (Wildman–Crippen LogP) is 4.55. The van der Waals surface area contributed by atoms with E-state index in [0.717, 1.165) is 18.4 Å². The van der Waals surface area contributed by atoms with Crippen molar-refractivity contribution in [3.05, 3.63) is 70.0 Å². The molecule has 0 saturated carbocycles. The fourth-order valence-electron chi connectivity index (χ4n) is 2.71. The van der Waals surface area contributed by atoms with Crippen LogP contribution < -0.4 is 5.73 Å². The van der Waals surface area contributed by atoms with E-state index in [1.165, 1.54) is 29.2 Å². The molecule has 2 aromatic carbocycles. The minimum absolute atomic E-state index is 0.150. The zero-order chi connectivity index (χ0) is 15.5. The molecule has 0 amide bonds. The molecule has 0 bridgehead atoms. The van der Waals surface area contributed by atoms with Crippen LogP contribution in [0.1, 0.15) is 42.0 Å². The maximum Gasteiger partial charge on any atom is 0.147 e. The lowest BCUT2D eigenvalue weighted by Crippen LogP contribution is -1.90. The summed E-state index contributed by atoms with van der Waals surface area (Å²) >= 11 is 0. The quantitative estimate of drug-likeness (QED) is 0.637. The van der Waals surface area contributed by atoms with Gasteiger partial charge in [0.2, 0.25) is 0 Å². The van der Waals surface area contributed by atoms with Crippen molar-refractivity contribution in [1.82, 2.24) is 0 Å². The highest BCUT2D eigenvalue weighted by Crippen LogP contribution is 2.28. The summed E-state index contributed by atoms with van der Waals surface area (Å²) in [6, 6.07) is 10.9. The van der Waals surface area contributed by atoms with Gasteiger partial charge in [0.25, 0.3) is 0 Å². The Balaban J connectivity index is 1.84. The van der Waals surface area contributed by atoms with E-state index in [0.29, 0.717) is 5.56 Å². The lowest BCUT2D eigenvalue weighted by molar-refractivity contribution is 0.632. The van der Waals surface area contributed by atoms with E-state index in [4.69, 9.17) is 5.73 Å². The lowest BCUT2D eigenvalue weighted by Gasteiger charge is -1.99. The summed E-state index contributed by atoms with van der Waals surface area (Å²) in [5.74, 6) is 5.66. The van der Waals surface area contributed by atoms with Gasteiger partial charge in [-0.3, -0.25) is 0 Å². The molecule has 1 nitrogen and oxygen atoms in total. The largest absolute Gasteiger partial charge is 0.396 e. The SMILES string of the molecule is CCCC1=Cc2cc(C#Cc3ccc(N)c(F)c3)ccc2C1. The Morgan fingerprint density at radius 1 is 1.09 bits per heavy atom. The van der Waals surface area contributed by atoms with Crippen molar-refractivity contribution in [2.45, 2.75) is 26.2 Å². The Morgan fingerprint density at radius 2 is 1.82 bits per heavy atom. The molecule has 0 unspecified atom stereocenters. The van der Waals surface area contributed by atoms with Gasteiger partial charge in [0.05, 0.1) is 5.69 Å². The first kappa shape index (κ1) is 14.4. The van der Waals surface area contributed by atoms with Gasteiger partial charge >= 0.3 is 0 Å². The molecule has 22 heavy (non-hydrogen) atoms. The van der Waals surface area contributed by atoms with Crippen molar-refractivity contribution in [1.29, 1.82) is 0 Å². The number of benzene rings is 2. The first-order valence-corrected chi connectivity index (χ1v) is 7.55. The van der Waals surface area contributed by atoms with Gasteiger partial charge in [0.1, 0.15) is 5.82 Å². The zero-order valence-electron chi connectivity index (χ0n) is 12.6. The molecule has 1 aliphatic carbocycles. The lowest BCUT2D eigenvalue weighted by atomic mass is 10.0. The van der Waals surface area contributed by atoms with E-state index in [2.05, 4.69) is 37.0 Å². The van der Waals surface area contributed by atoms with Gasteiger partial charge in [0.15, 0.2) is 0 Å². The predicted molar refractivity (Wildman–Crippen MR) is 89.8 cm³/mol. The molecule has 0 spiro atoms. The standard InChI is InChI=1S/C20H18FN/c1-2-3-16-11-17-8-6-14(10-18(17)12-16)4-5-15-7-9-20(22)19(21)13-15/h6-10,12-13H,2-3,11,22H2,1H3. The van der Waals surface area contributed by atoms with E-state index >= 15 is 0 Å². The molecule has 0 fully saturated rings. The van der Waals surface area contributed by atoms with Crippen molar-refractivity contribution in [2.24, 2.45) is 0 Å². The Labute approximate surface area is 130 Å². The molecule has 0 atom stereocenters. The summed E-state index contributed by atoms with van der Waals surface area (Å²) in [6.07, 6.45) is 5.66. The summed E-state index contributed by atoms with van der Waals surface area (Å²) in [6.45, 7) is 2.20. The topological polar surface area (TPSA) is 26.0 Å². The van der Waals surface area contributed by atoms with Crippen LogP contribution in [0.4, 0.5) is 10.1 Å². The third kappa shape index (κ3) is 3.04. The molecule has 3 rings (SSSR count). The monoisotopic (exact) mass is 291 g/mol. The van der Waals surface area contributed by atoms with Crippen molar-refractivity contribution in [3.63, 3.8) is 0 Å². The van der Waals surface area contributed by atoms with Crippen LogP contribution in [0, 0.1) is 17.7 Å². The van der Waals surface area contributed by atoms with Crippen molar-refractivity contribution in [3.8, 4) is 11.8 Å². The third-order valence-electron chi connectivity index (χ3n) is 3.85. The molecular formula is C20H18FN. The number of fused-ring (bicyclic) bond motifs is 1. The fraction of sp³-hybridized carbons (Fsp3) is 0.200. The highest BCUT2D eigenvalue weighted by molar-refractivity contribution is 5.65. The normalized spacial score (nSPS) is 12.4. The van der Waals surface area contributed by atoms with Gasteiger partial charge < -0.3 is 5.73 Å². The Morgan fingerprint density at radius 3 is 2.55 bits per heavy atom. The van der Waals surface area contributed by atoms with Crippen LogP contribution in [0.2, 0.25) is 0 Å². The molecule has 0 saturated heterocycles. The van der Waals surface area contributed by atoms with Gasteiger partial charge in [-0.25, -0.2) is 4.39 Å². The summed E-state index contributed by atoms with van der Waals surface area (Å²) < 4.78 is 13.4. The van der Waals surface area contributed by atoms with Crippen LogP contribution in [-0.4, -0.2) is 0 Å². The van der Waals surface area contributed by atoms with Crippen LogP contribution in [0.5, 0.6) is 0 Å². The second kappa shape index (κ2) is 6.07. The van der Waals surface area contributed by atoms with Gasteiger partial charge in [-0.2, -0.15) is 0 Å². The average molecular weight is 291 g/mol. The fourth-order valence-corrected chi connectivity index (χ4v) is 2.71. The molecule has 0 radical (unpaired) electrons. The number of anilines is 1. The molecule has 2 heteroatoms. The number of hydrogen-bond donors (Lipinski definition) is 1. The number of nitrogen functional groups attached to an aromatic ring is 1. The van der Waals surface area contributed by atoms with Crippen molar-refractivity contribution >= 4 is 11.8 Å². The van der Waals surface area contributed by atoms with Crippen LogP contribution in [0.15, 0.2) is 42.0 Å². The molecule has 2 aromatic rings. The Bertz CT molecular complexity index is 806. The maximum absolute atomic E-state index is 13.4. The van der Waals surface area contributed by atoms with Gasteiger partial charge in [0, 0.05) is 11.1 Å². The summed E-state index contributed by atoms with van der Waals surface area (Å²) in [5, 5.41) is 0. The highest BCUT2D eigenvalue weighted by atomic mass is 19.1. The maximum atomic E-state index is 13.4. The van der Waals surface area contributed by atoms with Crippen molar-refractivity contribution in [2.75, 3.05) is 5.73 Å². The molecular weight excluding hydrogens is 273 g/mol. The highest BCUT2D eigenvalue weighted by Gasteiger charge is 2.11. The van der Waals surface area contributed by atoms with Crippen LogP contribution in [-0.2, 0) is 6.42 Å². The van der Waals surface area contributed by atoms with E-state index in [1.54, 1.807) is 12.1 Å². The number of halogens is 1. The summed E-state index contributed by atoms with van der Waals surface area (Å²) in [5.41, 5.74) is 11.3. The third-order valence-corrected chi connectivity index (χ3v) is 3.85. The van der Waals surface area contributed by atoms with Crippen molar-refractivity contribution < 1.29 is 4.39 Å². The Kier molecular flexibility index (Phi) is 3.98. The molecule has 0 aromatic heterocycles. The Hall–Kier alpha value is -2.53. The number of hydrogen-bond acceptors (Lipinski definition) is 1. The van der Waals surface area contributed by atoms with E-state index in [9.17, 15) is 4.39 Å². The van der Waals surface area contributed by atoms with Crippen LogP contribution in [0.25, 0.3) is 6.08 Å². The second-order valence-electron chi connectivity index (χ2n) is 5.63. The number of allylic oxidation sites excluding steroid dienone is 1. The van der Waals surface area contributed by atoms with Gasteiger partial charge in [-0.1, -0.05) is 42.9 Å². The molecule has 0 heterocycles. The number of rotatable bonds is 2. The summed E-state index contributed by atoms with van der Waals surface area (Å²) in [7, 11) is 0. The minimum Gasteiger partial charge on any atom is -0.396 e. The van der Waals surface area contributed by atoms with Crippen LogP contribution in [0.3, 0.4) is 0 Å². The molecule has 2 N–H and O–H groups in total. The number of nitrogens with two attached hydrogens (primary N) is 1. The van der Waals surface area contributed by atoms with Gasteiger partial charge in [-0.15, -0.1) is 0 Å². The first-order chi connectivity index (χ1) is 10.7. The zero-order valence-corrected chi connectivity index (χ0v) is 12.6. The summed E-state index contributed by atoms with van der Waals surface area (Å²) in [4.78, 5) is 0. The average Bonchev–Trinajstić information content (AvgIpc) is 2.90. The molecule has 110 valence electrons. The van der Waals surface area contributed by atoms with E-state index < -0.39 is 5.82 Å². The smallest absolute Gasteiger partial charge is 0.147 e. The van der Waals surface area contributed by atoms with Gasteiger partial charge in [-0.05, 0) is 54.3 Å². The van der Waals surface area contributed by atoms with E-state index in [1.807, 2.05) is 6.07 Å². The second-order valence-corrected chi connectivity index (χ2v) is 5.63. The first-order valence-electron chi connectivity index (χ1n) is 7.55. The van der Waals surface area contributed by atoms with Crippen LogP contribution >= 0.6 is 0 Å². The molecule has 1 aliphatic rings.